The summed E-state index contributed by atoms with van der Waals surface area (Å²) in [4.78, 5) is 49.1. The van der Waals surface area contributed by atoms with E-state index in [2.05, 4.69) is 15.8 Å². The van der Waals surface area contributed by atoms with Gasteiger partial charge in [0.2, 0.25) is 5.91 Å². The van der Waals surface area contributed by atoms with Crippen LogP contribution in [-0.4, -0.2) is 30.0 Å². The number of urea groups is 1. The number of benzene rings is 1. The zero-order valence-corrected chi connectivity index (χ0v) is 13.6. The normalized spacial score (nSPS) is 17.5. The number of carbonyl (C=O) groups excluding carboxylic acids is 4. The van der Waals surface area contributed by atoms with E-state index in [4.69, 9.17) is 4.42 Å². The molecule has 1 aliphatic heterocycles. The SMILES string of the molecule is Cc1ccc(N2C(=O)NC(=O)C(C=NNC(=O)c3ccco3)C2=O)cc1. The summed E-state index contributed by atoms with van der Waals surface area (Å²) in [5.41, 5.74) is 3.42. The molecule has 1 aliphatic rings. The molecule has 132 valence electrons. The highest BCUT2D eigenvalue weighted by molar-refractivity contribution is 6.32. The van der Waals surface area contributed by atoms with Crippen molar-refractivity contribution in [3.63, 3.8) is 0 Å². The van der Waals surface area contributed by atoms with E-state index in [9.17, 15) is 19.2 Å². The Hall–Kier alpha value is -3.75. The zero-order chi connectivity index (χ0) is 18.7. The van der Waals surface area contributed by atoms with Gasteiger partial charge in [0.15, 0.2) is 11.7 Å². The Morgan fingerprint density at radius 3 is 2.62 bits per heavy atom. The Kier molecular flexibility index (Phi) is 4.61. The minimum absolute atomic E-state index is 0.0260. The lowest BCUT2D eigenvalue weighted by atomic mass is 10.1. The van der Waals surface area contributed by atoms with Crippen LogP contribution in [0, 0.1) is 12.8 Å². The van der Waals surface area contributed by atoms with Crippen LogP contribution in [0.25, 0.3) is 0 Å². The van der Waals surface area contributed by atoms with E-state index in [1.165, 1.54) is 18.4 Å². The van der Waals surface area contributed by atoms with Gasteiger partial charge in [-0.3, -0.25) is 19.7 Å². The number of nitrogens with one attached hydrogen (secondary N) is 2. The first-order chi connectivity index (χ1) is 12.5. The standard InChI is InChI=1S/C17H14N4O5/c1-10-4-6-11(7-5-10)21-16(24)12(14(22)19-17(21)25)9-18-20-15(23)13-3-2-8-26-13/h2-9,12H,1H3,(H,20,23)(H,19,22,25). The molecule has 1 fully saturated rings. The van der Waals surface area contributed by atoms with Crippen molar-refractivity contribution in [2.24, 2.45) is 11.0 Å². The summed E-state index contributed by atoms with van der Waals surface area (Å²) in [5, 5.41) is 5.71. The fourth-order valence-corrected chi connectivity index (χ4v) is 2.29. The van der Waals surface area contributed by atoms with Gasteiger partial charge in [-0.25, -0.2) is 15.1 Å². The van der Waals surface area contributed by atoms with E-state index in [1.807, 2.05) is 6.92 Å². The van der Waals surface area contributed by atoms with Gasteiger partial charge in [0.1, 0.15) is 0 Å². The average Bonchev–Trinajstić information content (AvgIpc) is 3.14. The molecule has 3 rings (SSSR count). The summed E-state index contributed by atoms with van der Waals surface area (Å²) in [6, 6.07) is 8.78. The average molecular weight is 354 g/mol. The lowest BCUT2D eigenvalue weighted by Gasteiger charge is -2.28. The van der Waals surface area contributed by atoms with E-state index < -0.39 is 29.7 Å². The lowest BCUT2D eigenvalue weighted by Crippen LogP contribution is -2.58. The number of imide groups is 2. The van der Waals surface area contributed by atoms with Crippen LogP contribution >= 0.6 is 0 Å². The second-order valence-corrected chi connectivity index (χ2v) is 5.48. The van der Waals surface area contributed by atoms with Gasteiger partial charge in [0.05, 0.1) is 12.0 Å². The summed E-state index contributed by atoms with van der Waals surface area (Å²) in [6.07, 6.45) is 2.29. The van der Waals surface area contributed by atoms with Gasteiger partial charge >= 0.3 is 11.9 Å². The van der Waals surface area contributed by atoms with Crippen LogP contribution in [0.2, 0.25) is 0 Å². The van der Waals surface area contributed by atoms with Crippen LogP contribution in [0.1, 0.15) is 16.1 Å². The molecule has 9 nitrogen and oxygen atoms in total. The first-order valence-electron chi connectivity index (χ1n) is 7.60. The van der Waals surface area contributed by atoms with Crippen LogP contribution in [-0.2, 0) is 9.59 Å². The number of hydrazone groups is 1. The molecule has 26 heavy (non-hydrogen) atoms. The van der Waals surface area contributed by atoms with Crippen molar-refractivity contribution in [3.05, 3.63) is 54.0 Å². The smallest absolute Gasteiger partial charge is 0.335 e. The summed E-state index contributed by atoms with van der Waals surface area (Å²) < 4.78 is 4.89. The summed E-state index contributed by atoms with van der Waals surface area (Å²) in [6.45, 7) is 1.86. The number of amides is 5. The Morgan fingerprint density at radius 1 is 1.23 bits per heavy atom. The Bertz CT molecular complexity index is 886. The number of furan rings is 1. The molecule has 2 heterocycles. The predicted octanol–water partition coefficient (Wildman–Crippen LogP) is 1.20. The highest BCUT2D eigenvalue weighted by atomic mass is 16.3. The fourth-order valence-electron chi connectivity index (χ4n) is 2.29. The molecule has 1 unspecified atom stereocenters. The molecule has 1 saturated heterocycles. The summed E-state index contributed by atoms with van der Waals surface area (Å²) in [5.74, 6) is -3.55. The minimum atomic E-state index is -1.36. The van der Waals surface area contributed by atoms with Crippen molar-refractivity contribution in [2.45, 2.75) is 6.92 Å². The van der Waals surface area contributed by atoms with Gasteiger partial charge in [-0.1, -0.05) is 17.7 Å². The molecule has 2 aromatic rings. The minimum Gasteiger partial charge on any atom is -0.459 e. The van der Waals surface area contributed by atoms with Crippen molar-refractivity contribution in [1.29, 1.82) is 0 Å². The largest absolute Gasteiger partial charge is 0.459 e. The molecule has 0 saturated carbocycles. The maximum atomic E-state index is 12.6. The molecule has 1 atom stereocenters. The molecule has 0 spiro atoms. The third-order valence-electron chi connectivity index (χ3n) is 3.63. The van der Waals surface area contributed by atoms with E-state index in [0.717, 1.165) is 16.7 Å². The number of carbonyl (C=O) groups is 4. The quantitative estimate of drug-likeness (QED) is 0.485. The third-order valence-corrected chi connectivity index (χ3v) is 3.63. The molecule has 0 aliphatic carbocycles. The number of rotatable bonds is 4. The van der Waals surface area contributed by atoms with Gasteiger partial charge in [0.25, 0.3) is 5.91 Å². The van der Waals surface area contributed by atoms with Crippen LogP contribution in [0.5, 0.6) is 0 Å². The van der Waals surface area contributed by atoms with Crippen LogP contribution < -0.4 is 15.6 Å². The Labute approximate surface area is 147 Å². The second-order valence-electron chi connectivity index (χ2n) is 5.48. The topological polar surface area (TPSA) is 121 Å². The monoisotopic (exact) mass is 354 g/mol. The van der Waals surface area contributed by atoms with Gasteiger partial charge in [0, 0.05) is 6.21 Å². The number of nitrogens with zero attached hydrogens (tertiary/aromatic N) is 2. The number of hydrogen-bond donors (Lipinski definition) is 2. The molecular formula is C17H14N4O5. The third kappa shape index (κ3) is 3.36. The van der Waals surface area contributed by atoms with Crippen molar-refractivity contribution in [2.75, 3.05) is 4.90 Å². The molecule has 9 heteroatoms. The molecule has 0 radical (unpaired) electrons. The molecule has 5 amide bonds. The predicted molar refractivity (Wildman–Crippen MR) is 90.4 cm³/mol. The van der Waals surface area contributed by atoms with Crippen LogP contribution in [0.4, 0.5) is 10.5 Å². The van der Waals surface area contributed by atoms with Gasteiger partial charge < -0.3 is 4.42 Å². The first-order valence-corrected chi connectivity index (χ1v) is 7.60. The van der Waals surface area contributed by atoms with E-state index in [1.54, 1.807) is 24.3 Å². The van der Waals surface area contributed by atoms with E-state index >= 15 is 0 Å². The van der Waals surface area contributed by atoms with Crippen molar-refractivity contribution in [3.8, 4) is 0 Å². The molecule has 1 aromatic carbocycles. The van der Waals surface area contributed by atoms with Crippen molar-refractivity contribution >= 4 is 35.7 Å². The highest BCUT2D eigenvalue weighted by Crippen LogP contribution is 2.20. The van der Waals surface area contributed by atoms with Gasteiger partial charge in [-0.2, -0.15) is 5.10 Å². The maximum Gasteiger partial charge on any atom is 0.335 e. The van der Waals surface area contributed by atoms with E-state index in [0.29, 0.717) is 5.69 Å². The zero-order valence-electron chi connectivity index (χ0n) is 13.6. The molecular weight excluding hydrogens is 340 g/mol. The maximum absolute atomic E-state index is 12.6. The van der Waals surface area contributed by atoms with E-state index in [-0.39, 0.29) is 5.76 Å². The summed E-state index contributed by atoms with van der Waals surface area (Å²) in [7, 11) is 0. The number of hydrogen-bond acceptors (Lipinski definition) is 6. The van der Waals surface area contributed by atoms with Crippen LogP contribution in [0.15, 0.2) is 52.2 Å². The van der Waals surface area contributed by atoms with Crippen molar-refractivity contribution in [1.82, 2.24) is 10.7 Å². The van der Waals surface area contributed by atoms with Crippen molar-refractivity contribution < 1.29 is 23.6 Å². The number of aryl methyl sites for hydroxylation is 1. The summed E-state index contributed by atoms with van der Waals surface area (Å²) >= 11 is 0. The van der Waals surface area contributed by atoms with Gasteiger partial charge in [-0.15, -0.1) is 0 Å². The number of barbiturate groups is 1. The Balaban J connectivity index is 1.76. The Morgan fingerprint density at radius 2 is 1.96 bits per heavy atom. The highest BCUT2D eigenvalue weighted by Gasteiger charge is 2.40. The van der Waals surface area contributed by atoms with Crippen LogP contribution in [0.3, 0.4) is 0 Å². The molecule has 0 bridgehead atoms. The second kappa shape index (κ2) is 7.01. The molecule has 1 aromatic heterocycles. The number of anilines is 1. The molecule has 2 N–H and O–H groups in total. The van der Waals surface area contributed by atoms with Gasteiger partial charge in [-0.05, 0) is 31.2 Å². The fraction of sp³-hybridized carbons (Fsp3) is 0.118. The lowest BCUT2D eigenvalue weighted by molar-refractivity contribution is -0.131. The first kappa shape index (κ1) is 17.1.